The van der Waals surface area contributed by atoms with Gasteiger partial charge in [-0.25, -0.2) is 0 Å². The summed E-state index contributed by atoms with van der Waals surface area (Å²) in [6, 6.07) is 7.16. The third-order valence-corrected chi connectivity index (χ3v) is 4.00. The number of likely N-dealkylation sites (N-methyl/N-ethyl adjacent to an activating group) is 1. The molecule has 0 aliphatic carbocycles. The Morgan fingerprint density at radius 1 is 1.41 bits per heavy atom. The number of rotatable bonds is 3. The zero-order valence-corrected chi connectivity index (χ0v) is 12.6. The molecule has 0 bridgehead atoms. The first-order valence-corrected chi connectivity index (χ1v) is 7.19. The molecule has 22 heavy (non-hydrogen) atoms. The van der Waals surface area contributed by atoms with Gasteiger partial charge in [-0.05, 0) is 31.2 Å². The first-order valence-electron chi connectivity index (χ1n) is 7.19. The van der Waals surface area contributed by atoms with Crippen LogP contribution in [0.5, 0.6) is 0 Å². The fourth-order valence-corrected chi connectivity index (χ4v) is 2.58. The summed E-state index contributed by atoms with van der Waals surface area (Å²) in [5, 5.41) is 2.88. The quantitative estimate of drug-likeness (QED) is 0.922. The molecule has 6 heteroatoms. The molecule has 0 fully saturated rings. The van der Waals surface area contributed by atoms with E-state index in [1.807, 2.05) is 29.8 Å². The van der Waals surface area contributed by atoms with Crippen molar-refractivity contribution < 1.29 is 9.59 Å². The molecular formula is C16H18N4O2. The van der Waals surface area contributed by atoms with Crippen molar-refractivity contribution >= 4 is 11.8 Å². The van der Waals surface area contributed by atoms with Crippen LogP contribution in [-0.2, 0) is 6.54 Å². The smallest absolute Gasteiger partial charge is 0.270 e. The minimum Gasteiger partial charge on any atom is -0.350 e. The van der Waals surface area contributed by atoms with E-state index in [1.54, 1.807) is 30.3 Å². The number of hydrogen-bond acceptors (Lipinski definition) is 3. The molecule has 1 unspecified atom stereocenters. The normalized spacial score (nSPS) is 17.3. The van der Waals surface area contributed by atoms with Crippen molar-refractivity contribution in [2.24, 2.45) is 0 Å². The van der Waals surface area contributed by atoms with Crippen molar-refractivity contribution in [2.45, 2.75) is 19.5 Å². The first kappa shape index (κ1) is 14.3. The maximum Gasteiger partial charge on any atom is 0.270 e. The molecule has 0 saturated carbocycles. The second-order valence-corrected chi connectivity index (χ2v) is 5.51. The van der Waals surface area contributed by atoms with E-state index in [-0.39, 0.29) is 17.9 Å². The third-order valence-electron chi connectivity index (χ3n) is 4.00. The highest BCUT2D eigenvalue weighted by molar-refractivity contribution is 5.95. The summed E-state index contributed by atoms with van der Waals surface area (Å²) < 4.78 is 1.92. The summed E-state index contributed by atoms with van der Waals surface area (Å²) in [6.45, 7) is 2.96. The lowest BCUT2D eigenvalue weighted by Gasteiger charge is -2.33. The molecule has 0 saturated heterocycles. The average Bonchev–Trinajstić information content (AvgIpc) is 2.98. The maximum atomic E-state index is 12.2. The van der Waals surface area contributed by atoms with Crippen molar-refractivity contribution in [3.8, 4) is 0 Å². The van der Waals surface area contributed by atoms with Gasteiger partial charge in [-0.3, -0.25) is 14.6 Å². The van der Waals surface area contributed by atoms with E-state index >= 15 is 0 Å². The summed E-state index contributed by atoms with van der Waals surface area (Å²) in [6.07, 6.45) is 3.45. The van der Waals surface area contributed by atoms with E-state index in [0.29, 0.717) is 24.3 Å². The summed E-state index contributed by atoms with van der Waals surface area (Å²) in [4.78, 5) is 30.1. The number of pyridine rings is 1. The molecule has 3 rings (SSSR count). The lowest BCUT2D eigenvalue weighted by molar-refractivity contribution is 0.0645. The van der Waals surface area contributed by atoms with E-state index in [1.165, 1.54) is 0 Å². The highest BCUT2D eigenvalue weighted by Crippen LogP contribution is 2.16. The molecule has 1 aliphatic rings. The molecule has 2 amide bonds. The van der Waals surface area contributed by atoms with Crippen molar-refractivity contribution in [1.29, 1.82) is 0 Å². The molecule has 6 nitrogen and oxygen atoms in total. The van der Waals surface area contributed by atoms with Crippen LogP contribution in [0, 0.1) is 6.92 Å². The van der Waals surface area contributed by atoms with Crippen LogP contribution >= 0.6 is 0 Å². The highest BCUT2D eigenvalue weighted by Gasteiger charge is 2.29. The van der Waals surface area contributed by atoms with Crippen LogP contribution in [0.3, 0.4) is 0 Å². The summed E-state index contributed by atoms with van der Waals surface area (Å²) in [5.41, 5.74) is 2.08. The van der Waals surface area contributed by atoms with E-state index < -0.39 is 0 Å². The second kappa shape index (κ2) is 5.63. The fourth-order valence-electron chi connectivity index (χ4n) is 2.58. The third kappa shape index (κ3) is 2.59. The number of amides is 2. The molecule has 2 aromatic rings. The lowest BCUT2D eigenvalue weighted by atomic mass is 10.1. The van der Waals surface area contributed by atoms with Gasteiger partial charge in [0, 0.05) is 38.2 Å². The molecule has 1 atom stereocenters. The van der Waals surface area contributed by atoms with Crippen LogP contribution in [0.1, 0.15) is 26.5 Å². The van der Waals surface area contributed by atoms with Gasteiger partial charge in [-0.2, -0.15) is 0 Å². The Bertz CT molecular complexity index is 705. The topological polar surface area (TPSA) is 67.2 Å². The second-order valence-electron chi connectivity index (χ2n) is 5.51. The van der Waals surface area contributed by atoms with Gasteiger partial charge in [-0.15, -0.1) is 0 Å². The van der Waals surface area contributed by atoms with Crippen molar-refractivity contribution in [2.75, 3.05) is 13.6 Å². The van der Waals surface area contributed by atoms with Crippen molar-refractivity contribution in [3.05, 3.63) is 53.6 Å². The Morgan fingerprint density at radius 2 is 2.23 bits per heavy atom. The van der Waals surface area contributed by atoms with Crippen LogP contribution in [-0.4, -0.2) is 45.9 Å². The molecule has 2 aromatic heterocycles. The van der Waals surface area contributed by atoms with Gasteiger partial charge in [0.2, 0.25) is 0 Å². The number of aryl methyl sites for hydroxylation is 1. The monoisotopic (exact) mass is 298 g/mol. The zero-order valence-electron chi connectivity index (χ0n) is 12.6. The molecule has 114 valence electrons. The highest BCUT2D eigenvalue weighted by atomic mass is 16.2. The van der Waals surface area contributed by atoms with Crippen LogP contribution in [0.25, 0.3) is 0 Å². The number of fused-ring (bicyclic) bond motifs is 1. The molecular weight excluding hydrogens is 280 g/mol. The predicted octanol–water partition coefficient (Wildman–Crippen LogP) is 1.08. The number of aromatic nitrogens is 2. The van der Waals surface area contributed by atoms with Gasteiger partial charge < -0.3 is 14.8 Å². The van der Waals surface area contributed by atoms with Crippen molar-refractivity contribution in [3.63, 3.8) is 0 Å². The number of carbonyl (C=O) groups is 2. The SMILES string of the molecule is Cc1ccc(C(=O)NCC2Cn3cccc3C(=O)N2C)cn1. The van der Waals surface area contributed by atoms with Gasteiger partial charge in [-0.1, -0.05) is 0 Å². The van der Waals surface area contributed by atoms with Gasteiger partial charge in [0.15, 0.2) is 0 Å². The van der Waals surface area contributed by atoms with Gasteiger partial charge in [0.05, 0.1) is 11.6 Å². The predicted molar refractivity (Wildman–Crippen MR) is 81.6 cm³/mol. The van der Waals surface area contributed by atoms with Gasteiger partial charge in [0.1, 0.15) is 5.69 Å². The molecule has 0 radical (unpaired) electrons. The van der Waals surface area contributed by atoms with E-state index in [2.05, 4.69) is 10.3 Å². The number of nitrogens with one attached hydrogen (secondary N) is 1. The molecule has 0 spiro atoms. The lowest BCUT2D eigenvalue weighted by Crippen LogP contribution is -2.50. The van der Waals surface area contributed by atoms with Gasteiger partial charge in [0.25, 0.3) is 11.8 Å². The van der Waals surface area contributed by atoms with E-state index in [9.17, 15) is 9.59 Å². The van der Waals surface area contributed by atoms with Crippen LogP contribution < -0.4 is 5.32 Å². The Kier molecular flexibility index (Phi) is 3.66. The largest absolute Gasteiger partial charge is 0.350 e. The molecule has 1 aliphatic heterocycles. The molecule has 1 N–H and O–H groups in total. The van der Waals surface area contributed by atoms with Gasteiger partial charge >= 0.3 is 0 Å². The first-order chi connectivity index (χ1) is 10.6. The number of hydrogen-bond donors (Lipinski definition) is 1. The molecule has 3 heterocycles. The zero-order chi connectivity index (χ0) is 15.7. The van der Waals surface area contributed by atoms with Crippen molar-refractivity contribution in [1.82, 2.24) is 19.8 Å². The summed E-state index contributed by atoms with van der Waals surface area (Å²) in [5.74, 6) is -0.195. The summed E-state index contributed by atoms with van der Waals surface area (Å²) >= 11 is 0. The van der Waals surface area contributed by atoms with E-state index in [0.717, 1.165) is 5.69 Å². The Hall–Kier alpha value is -2.63. The number of nitrogens with zero attached hydrogens (tertiary/aromatic N) is 3. The standard InChI is InChI=1S/C16H18N4O2/c1-11-5-6-12(8-17-11)15(21)18-9-13-10-20-7-3-4-14(20)16(22)19(13)2/h3-8,13H,9-10H2,1-2H3,(H,18,21). The minimum atomic E-state index is -0.174. The van der Waals surface area contributed by atoms with Crippen LogP contribution in [0.15, 0.2) is 36.7 Å². The Balaban J connectivity index is 1.65. The van der Waals surface area contributed by atoms with Crippen LogP contribution in [0.4, 0.5) is 0 Å². The molecule has 0 aromatic carbocycles. The minimum absolute atomic E-state index is 0.0208. The van der Waals surface area contributed by atoms with Crippen LogP contribution in [0.2, 0.25) is 0 Å². The fraction of sp³-hybridized carbons (Fsp3) is 0.312. The maximum absolute atomic E-state index is 12.2. The average molecular weight is 298 g/mol. The van der Waals surface area contributed by atoms with E-state index in [4.69, 9.17) is 0 Å². The Morgan fingerprint density at radius 3 is 2.95 bits per heavy atom. The summed E-state index contributed by atoms with van der Waals surface area (Å²) in [7, 11) is 1.77. The Labute approximate surface area is 128 Å². The number of carbonyl (C=O) groups excluding carboxylic acids is 2.